The summed E-state index contributed by atoms with van der Waals surface area (Å²) in [6, 6.07) is 26.4. The lowest BCUT2D eigenvalue weighted by molar-refractivity contribution is -0.122. The van der Waals surface area contributed by atoms with Gasteiger partial charge in [0, 0.05) is 41.0 Å². The fraction of sp³-hybridized carbons (Fsp3) is 0.179. The van der Waals surface area contributed by atoms with Gasteiger partial charge in [-0.15, -0.1) is 0 Å². The molecule has 1 aromatic heterocycles. The second kappa shape index (κ2) is 10.3. The first-order chi connectivity index (χ1) is 17.5. The number of hydrogen-bond donors (Lipinski definition) is 2. The number of amides is 2. The fourth-order valence-electron chi connectivity index (χ4n) is 4.44. The SMILES string of the molecule is NC(=O)C1CCN(c2ccc(NC(=O)c3cc(-c4ccc(Cl)cc4)nn3-c3ccccc3)cc2)CC1. The Morgan fingerprint density at radius 2 is 1.56 bits per heavy atom. The van der Waals surface area contributed by atoms with Crippen LogP contribution in [0.3, 0.4) is 0 Å². The Bertz CT molecular complexity index is 1360. The van der Waals surface area contributed by atoms with Gasteiger partial charge in [0.05, 0.1) is 11.4 Å². The van der Waals surface area contributed by atoms with Gasteiger partial charge in [-0.2, -0.15) is 5.10 Å². The number of nitrogens with two attached hydrogens (primary N) is 1. The third kappa shape index (κ3) is 5.11. The monoisotopic (exact) mass is 499 g/mol. The molecule has 182 valence electrons. The molecule has 1 saturated heterocycles. The highest BCUT2D eigenvalue weighted by Crippen LogP contribution is 2.26. The van der Waals surface area contributed by atoms with Crippen LogP contribution in [0.25, 0.3) is 16.9 Å². The van der Waals surface area contributed by atoms with E-state index < -0.39 is 0 Å². The number of halogens is 1. The van der Waals surface area contributed by atoms with Crippen molar-refractivity contribution in [2.75, 3.05) is 23.3 Å². The number of nitrogens with one attached hydrogen (secondary N) is 1. The van der Waals surface area contributed by atoms with Crippen LogP contribution in [0.2, 0.25) is 5.02 Å². The van der Waals surface area contributed by atoms with Gasteiger partial charge in [0.25, 0.3) is 5.91 Å². The number of para-hydroxylation sites is 1. The summed E-state index contributed by atoms with van der Waals surface area (Å²) >= 11 is 6.04. The lowest BCUT2D eigenvalue weighted by Gasteiger charge is -2.32. The highest BCUT2D eigenvalue weighted by molar-refractivity contribution is 6.30. The van der Waals surface area contributed by atoms with Crippen LogP contribution in [0.5, 0.6) is 0 Å². The summed E-state index contributed by atoms with van der Waals surface area (Å²) < 4.78 is 1.65. The Kier molecular flexibility index (Phi) is 6.73. The first-order valence-corrected chi connectivity index (χ1v) is 12.2. The molecule has 0 bridgehead atoms. The molecular weight excluding hydrogens is 474 g/mol. The molecule has 36 heavy (non-hydrogen) atoms. The van der Waals surface area contributed by atoms with Crippen molar-refractivity contribution < 1.29 is 9.59 Å². The lowest BCUT2D eigenvalue weighted by Crippen LogP contribution is -2.38. The van der Waals surface area contributed by atoms with Gasteiger partial charge < -0.3 is 16.0 Å². The van der Waals surface area contributed by atoms with Crippen LogP contribution < -0.4 is 16.0 Å². The maximum Gasteiger partial charge on any atom is 0.274 e. The van der Waals surface area contributed by atoms with Crippen LogP contribution in [0.1, 0.15) is 23.3 Å². The summed E-state index contributed by atoms with van der Waals surface area (Å²) in [6.45, 7) is 1.56. The molecule has 1 aliphatic rings. The number of nitrogens with zero attached hydrogens (tertiary/aromatic N) is 3. The zero-order valence-electron chi connectivity index (χ0n) is 19.6. The third-order valence-corrected chi connectivity index (χ3v) is 6.72. The van der Waals surface area contributed by atoms with Crippen LogP contribution in [0, 0.1) is 5.92 Å². The van der Waals surface area contributed by atoms with Gasteiger partial charge in [-0.05, 0) is 67.4 Å². The van der Waals surface area contributed by atoms with Gasteiger partial charge in [-0.1, -0.05) is 41.9 Å². The van der Waals surface area contributed by atoms with E-state index in [0.717, 1.165) is 42.9 Å². The largest absolute Gasteiger partial charge is 0.371 e. The van der Waals surface area contributed by atoms with Crippen molar-refractivity contribution in [3.63, 3.8) is 0 Å². The Hall–Kier alpha value is -4.10. The average Bonchev–Trinajstić information content (AvgIpc) is 3.36. The van der Waals surface area contributed by atoms with E-state index in [1.807, 2.05) is 66.7 Å². The summed E-state index contributed by atoms with van der Waals surface area (Å²) in [7, 11) is 0. The maximum absolute atomic E-state index is 13.3. The highest BCUT2D eigenvalue weighted by atomic mass is 35.5. The molecule has 0 saturated carbocycles. The number of carbonyl (C=O) groups is 2. The van der Waals surface area contributed by atoms with E-state index in [1.165, 1.54) is 0 Å². The minimum absolute atomic E-state index is 0.0490. The molecule has 0 spiro atoms. The Balaban J connectivity index is 1.36. The Labute approximate surface area is 214 Å². The molecule has 4 aromatic rings. The number of primary amides is 1. The molecule has 7 nitrogen and oxygen atoms in total. The predicted octanol–water partition coefficient (Wildman–Crippen LogP) is 5.15. The van der Waals surface area contributed by atoms with Crippen molar-refractivity contribution in [2.45, 2.75) is 12.8 Å². The van der Waals surface area contributed by atoms with Gasteiger partial charge >= 0.3 is 0 Å². The van der Waals surface area contributed by atoms with Crippen LogP contribution in [0.15, 0.2) is 84.9 Å². The minimum atomic E-state index is -0.262. The summed E-state index contributed by atoms with van der Waals surface area (Å²) in [5.41, 5.74) is 9.93. The summed E-state index contributed by atoms with van der Waals surface area (Å²) in [5.74, 6) is -0.532. The van der Waals surface area contributed by atoms with E-state index in [0.29, 0.717) is 22.1 Å². The van der Waals surface area contributed by atoms with Crippen molar-refractivity contribution in [3.05, 3.63) is 95.6 Å². The van der Waals surface area contributed by atoms with Gasteiger partial charge in [-0.3, -0.25) is 9.59 Å². The standard InChI is InChI=1S/C28H26ClN5O2/c29-21-8-6-19(7-9-21)25-18-26(34(32-25)24-4-2-1-3-5-24)28(36)31-22-10-12-23(13-11-22)33-16-14-20(15-17-33)27(30)35/h1-13,18,20H,14-17H2,(H2,30,35)(H,31,36). The van der Waals surface area contributed by atoms with E-state index in [2.05, 4.69) is 10.2 Å². The molecule has 1 fully saturated rings. The van der Waals surface area contributed by atoms with Crippen LogP contribution in [-0.4, -0.2) is 34.7 Å². The molecule has 2 heterocycles. The number of piperidine rings is 1. The molecular formula is C28H26ClN5O2. The summed E-state index contributed by atoms with van der Waals surface area (Å²) in [5, 5.41) is 8.34. The number of benzene rings is 3. The molecule has 0 unspecified atom stereocenters. The van der Waals surface area contributed by atoms with Crippen LogP contribution >= 0.6 is 11.6 Å². The van der Waals surface area contributed by atoms with Gasteiger partial charge in [0.15, 0.2) is 0 Å². The van der Waals surface area contributed by atoms with E-state index in [9.17, 15) is 9.59 Å². The van der Waals surface area contributed by atoms with Crippen molar-refractivity contribution in [3.8, 4) is 16.9 Å². The Morgan fingerprint density at radius 3 is 2.19 bits per heavy atom. The number of aromatic nitrogens is 2. The number of anilines is 2. The minimum Gasteiger partial charge on any atom is -0.371 e. The molecule has 1 aliphatic heterocycles. The quantitative estimate of drug-likeness (QED) is 0.384. The highest BCUT2D eigenvalue weighted by Gasteiger charge is 2.23. The second-order valence-corrected chi connectivity index (χ2v) is 9.27. The van der Waals surface area contributed by atoms with Crippen molar-refractivity contribution in [2.24, 2.45) is 11.7 Å². The number of carbonyl (C=O) groups excluding carboxylic acids is 2. The number of hydrogen-bond acceptors (Lipinski definition) is 4. The normalized spacial score (nSPS) is 14.0. The number of rotatable bonds is 6. The maximum atomic E-state index is 13.3. The third-order valence-electron chi connectivity index (χ3n) is 6.47. The average molecular weight is 500 g/mol. The van der Waals surface area contributed by atoms with E-state index in [1.54, 1.807) is 22.9 Å². The first-order valence-electron chi connectivity index (χ1n) is 11.8. The molecule has 2 amide bonds. The summed E-state index contributed by atoms with van der Waals surface area (Å²) in [4.78, 5) is 27.0. The first kappa shape index (κ1) is 23.6. The van der Waals surface area contributed by atoms with E-state index in [-0.39, 0.29) is 17.7 Å². The second-order valence-electron chi connectivity index (χ2n) is 8.83. The zero-order chi connectivity index (χ0) is 25.1. The zero-order valence-corrected chi connectivity index (χ0v) is 20.4. The van der Waals surface area contributed by atoms with E-state index in [4.69, 9.17) is 22.4 Å². The predicted molar refractivity (Wildman–Crippen MR) is 143 cm³/mol. The lowest BCUT2D eigenvalue weighted by atomic mass is 9.96. The van der Waals surface area contributed by atoms with Crippen molar-refractivity contribution >= 4 is 34.8 Å². The van der Waals surface area contributed by atoms with Gasteiger partial charge in [-0.25, -0.2) is 4.68 Å². The van der Waals surface area contributed by atoms with Crippen molar-refractivity contribution in [1.29, 1.82) is 0 Å². The molecule has 5 rings (SSSR count). The Morgan fingerprint density at radius 1 is 0.889 bits per heavy atom. The van der Waals surface area contributed by atoms with Crippen LogP contribution in [0.4, 0.5) is 11.4 Å². The van der Waals surface area contributed by atoms with E-state index >= 15 is 0 Å². The summed E-state index contributed by atoms with van der Waals surface area (Å²) in [6.07, 6.45) is 1.51. The van der Waals surface area contributed by atoms with Crippen LogP contribution in [-0.2, 0) is 4.79 Å². The molecule has 8 heteroatoms. The molecule has 3 N–H and O–H groups in total. The molecule has 0 atom stereocenters. The molecule has 0 radical (unpaired) electrons. The molecule has 3 aromatic carbocycles. The van der Waals surface area contributed by atoms with Gasteiger partial charge in [0.2, 0.25) is 5.91 Å². The van der Waals surface area contributed by atoms with Gasteiger partial charge in [0.1, 0.15) is 5.69 Å². The fourth-order valence-corrected chi connectivity index (χ4v) is 4.57. The topological polar surface area (TPSA) is 93.2 Å². The smallest absolute Gasteiger partial charge is 0.274 e. The van der Waals surface area contributed by atoms with Crippen molar-refractivity contribution in [1.82, 2.24) is 9.78 Å². The molecule has 0 aliphatic carbocycles.